The Morgan fingerprint density at radius 3 is 1.09 bits per heavy atom. The SMILES string of the molecule is [SH-].c1ccc2ccccc2c1. The van der Waals surface area contributed by atoms with Crippen molar-refractivity contribution in [3.8, 4) is 0 Å². The van der Waals surface area contributed by atoms with Crippen LogP contribution in [0.2, 0.25) is 0 Å². The molecule has 0 N–H and O–H groups in total. The average molecular weight is 161 g/mol. The zero-order chi connectivity index (χ0) is 6.81. The maximum Gasteiger partial charge on any atom is -0.0184 e. The molecule has 0 aromatic heterocycles. The summed E-state index contributed by atoms with van der Waals surface area (Å²) in [5.74, 6) is 0. The topological polar surface area (TPSA) is 0 Å². The van der Waals surface area contributed by atoms with Crippen molar-refractivity contribution < 1.29 is 0 Å². The van der Waals surface area contributed by atoms with Gasteiger partial charge in [-0.25, -0.2) is 0 Å². The second-order valence-corrected chi connectivity index (χ2v) is 2.35. The first-order chi connectivity index (χ1) is 4.97. The zero-order valence-electron chi connectivity index (χ0n) is 6.07. The molecule has 0 heterocycles. The summed E-state index contributed by atoms with van der Waals surface area (Å²) in [5, 5.41) is 2.62. The van der Waals surface area contributed by atoms with Crippen molar-refractivity contribution in [1.82, 2.24) is 0 Å². The van der Waals surface area contributed by atoms with Gasteiger partial charge in [-0.05, 0) is 10.8 Å². The fourth-order valence-corrected chi connectivity index (χ4v) is 1.13. The lowest BCUT2D eigenvalue weighted by atomic mass is 10.1. The van der Waals surface area contributed by atoms with E-state index in [1.165, 1.54) is 10.8 Å². The van der Waals surface area contributed by atoms with E-state index in [2.05, 4.69) is 48.5 Å². The summed E-state index contributed by atoms with van der Waals surface area (Å²) in [5.41, 5.74) is 0. The van der Waals surface area contributed by atoms with E-state index < -0.39 is 0 Å². The second kappa shape index (κ2) is 3.44. The van der Waals surface area contributed by atoms with Gasteiger partial charge in [-0.15, -0.1) is 0 Å². The molecule has 11 heavy (non-hydrogen) atoms. The van der Waals surface area contributed by atoms with Crippen molar-refractivity contribution in [3.63, 3.8) is 0 Å². The Kier molecular flexibility index (Phi) is 2.55. The van der Waals surface area contributed by atoms with E-state index in [4.69, 9.17) is 0 Å². The summed E-state index contributed by atoms with van der Waals surface area (Å²) in [7, 11) is 0. The van der Waals surface area contributed by atoms with Gasteiger partial charge in [0.2, 0.25) is 0 Å². The normalized spacial score (nSPS) is 9.09. The summed E-state index contributed by atoms with van der Waals surface area (Å²) in [6.07, 6.45) is 0. The number of fused-ring (bicyclic) bond motifs is 1. The van der Waals surface area contributed by atoms with Gasteiger partial charge in [0.05, 0.1) is 0 Å². The Hall–Kier alpha value is -0.950. The molecular weight excluding hydrogens is 152 g/mol. The molecule has 0 aliphatic carbocycles. The molecule has 2 rings (SSSR count). The third kappa shape index (κ3) is 1.55. The molecule has 1 heteroatoms. The van der Waals surface area contributed by atoms with Gasteiger partial charge in [0.1, 0.15) is 0 Å². The van der Waals surface area contributed by atoms with E-state index in [1.54, 1.807) is 0 Å². The van der Waals surface area contributed by atoms with Crippen LogP contribution in [0, 0.1) is 0 Å². The van der Waals surface area contributed by atoms with E-state index in [-0.39, 0.29) is 13.5 Å². The van der Waals surface area contributed by atoms with Crippen molar-refractivity contribution in [2.45, 2.75) is 0 Å². The molecule has 0 spiro atoms. The number of benzene rings is 2. The van der Waals surface area contributed by atoms with E-state index in [1.807, 2.05) is 0 Å². The lowest BCUT2D eigenvalue weighted by molar-refractivity contribution is 1.75. The first-order valence-corrected chi connectivity index (χ1v) is 3.40. The Labute approximate surface area is 73.3 Å². The molecule has 2 aromatic rings. The lowest BCUT2D eigenvalue weighted by Gasteiger charge is -1.92. The van der Waals surface area contributed by atoms with Crippen molar-refractivity contribution in [2.24, 2.45) is 0 Å². The molecule has 2 aromatic carbocycles. The van der Waals surface area contributed by atoms with Crippen LogP contribution < -0.4 is 0 Å². The Morgan fingerprint density at radius 2 is 0.818 bits per heavy atom. The minimum Gasteiger partial charge on any atom is -0.813 e. The predicted molar refractivity (Wildman–Crippen MR) is 52.7 cm³/mol. The maximum atomic E-state index is 2.12. The van der Waals surface area contributed by atoms with Gasteiger partial charge in [0.15, 0.2) is 0 Å². The molecule has 0 aliphatic heterocycles. The molecule has 0 amide bonds. The third-order valence-electron chi connectivity index (χ3n) is 1.66. The summed E-state index contributed by atoms with van der Waals surface area (Å²) >= 11 is 0. The smallest absolute Gasteiger partial charge is 0.0184 e. The average Bonchev–Trinajstić information content (AvgIpc) is 2.05. The predicted octanol–water partition coefficient (Wildman–Crippen LogP) is 2.57. The summed E-state index contributed by atoms with van der Waals surface area (Å²) < 4.78 is 0. The van der Waals surface area contributed by atoms with Gasteiger partial charge in [-0.2, -0.15) is 0 Å². The molecular formula is C10H9S-. The van der Waals surface area contributed by atoms with Crippen molar-refractivity contribution in [1.29, 1.82) is 0 Å². The van der Waals surface area contributed by atoms with E-state index >= 15 is 0 Å². The molecule has 0 atom stereocenters. The zero-order valence-corrected chi connectivity index (χ0v) is 6.96. The number of rotatable bonds is 0. The van der Waals surface area contributed by atoms with Crippen molar-refractivity contribution >= 4 is 24.3 Å². The molecule has 0 aliphatic rings. The van der Waals surface area contributed by atoms with Gasteiger partial charge in [-0.1, -0.05) is 48.5 Å². The van der Waals surface area contributed by atoms with Crippen LogP contribution in [-0.4, -0.2) is 0 Å². The highest BCUT2D eigenvalue weighted by Gasteiger charge is 1.85. The summed E-state index contributed by atoms with van der Waals surface area (Å²) in [6.45, 7) is 0. The summed E-state index contributed by atoms with van der Waals surface area (Å²) in [4.78, 5) is 0. The molecule has 0 saturated heterocycles. The fraction of sp³-hybridized carbons (Fsp3) is 0. The number of hydrogen-bond acceptors (Lipinski definition) is 1. The molecule has 0 bridgehead atoms. The highest BCUT2D eigenvalue weighted by molar-refractivity contribution is 7.37. The minimum atomic E-state index is 0. The molecule has 0 radical (unpaired) electrons. The van der Waals surface area contributed by atoms with Crippen LogP contribution in [0.5, 0.6) is 0 Å². The fourth-order valence-electron chi connectivity index (χ4n) is 1.13. The highest BCUT2D eigenvalue weighted by Crippen LogP contribution is 2.11. The quantitative estimate of drug-likeness (QED) is 0.422. The second-order valence-electron chi connectivity index (χ2n) is 2.35. The van der Waals surface area contributed by atoms with Crippen molar-refractivity contribution in [2.75, 3.05) is 0 Å². The molecule has 0 nitrogen and oxygen atoms in total. The van der Waals surface area contributed by atoms with Gasteiger partial charge in [0, 0.05) is 0 Å². The number of thiol groups is 1. The third-order valence-corrected chi connectivity index (χ3v) is 1.66. The van der Waals surface area contributed by atoms with Crippen LogP contribution in [-0.2, 0) is 13.5 Å². The first-order valence-electron chi connectivity index (χ1n) is 3.40. The van der Waals surface area contributed by atoms with E-state index in [0.717, 1.165) is 0 Å². The first kappa shape index (κ1) is 8.15. The maximum absolute atomic E-state index is 2.12. The molecule has 56 valence electrons. The summed E-state index contributed by atoms with van der Waals surface area (Å²) in [6, 6.07) is 16.7. The highest BCUT2D eigenvalue weighted by atomic mass is 32.1. The number of hydrogen-bond donors (Lipinski definition) is 0. The monoisotopic (exact) mass is 161 g/mol. The standard InChI is InChI=1S/C10H8.H2S/c1-2-6-10-8-4-3-7-9(10)5-1;/h1-8H;1H2/p-1. The Morgan fingerprint density at radius 1 is 0.545 bits per heavy atom. The van der Waals surface area contributed by atoms with Crippen LogP contribution in [0.4, 0.5) is 0 Å². The van der Waals surface area contributed by atoms with Crippen LogP contribution in [0.25, 0.3) is 10.8 Å². The molecule has 0 unspecified atom stereocenters. The van der Waals surface area contributed by atoms with Gasteiger partial charge in [0.25, 0.3) is 0 Å². The Balaban J connectivity index is 0.000000605. The van der Waals surface area contributed by atoms with Gasteiger partial charge in [-0.3, -0.25) is 0 Å². The molecule has 0 fully saturated rings. The largest absolute Gasteiger partial charge is 0.813 e. The Bertz CT molecular complexity index is 276. The van der Waals surface area contributed by atoms with E-state index in [0.29, 0.717) is 0 Å². The van der Waals surface area contributed by atoms with Crippen LogP contribution in [0.1, 0.15) is 0 Å². The van der Waals surface area contributed by atoms with E-state index in [9.17, 15) is 0 Å². The van der Waals surface area contributed by atoms with Crippen LogP contribution in [0.15, 0.2) is 48.5 Å². The minimum absolute atomic E-state index is 0. The van der Waals surface area contributed by atoms with Crippen LogP contribution >= 0.6 is 0 Å². The van der Waals surface area contributed by atoms with Crippen LogP contribution in [0.3, 0.4) is 0 Å². The van der Waals surface area contributed by atoms with Gasteiger partial charge >= 0.3 is 0 Å². The van der Waals surface area contributed by atoms with Crippen molar-refractivity contribution in [3.05, 3.63) is 48.5 Å². The lowest BCUT2D eigenvalue weighted by Crippen LogP contribution is -1.67. The molecule has 0 saturated carbocycles. The van der Waals surface area contributed by atoms with Gasteiger partial charge < -0.3 is 13.5 Å².